The number of ether oxygens (including phenoxy) is 1. The number of hydrogen-bond donors (Lipinski definition) is 0. The SMILES string of the molecule is O=C(c1cncs1)N1CCCC(COc2ccc(CN3CCN(Cc4cccnc4)CC3)cc2)C1. The molecule has 0 aliphatic carbocycles. The molecule has 2 aliphatic rings. The number of carbonyl (C=O) groups excluding carboxylic acids is 1. The second-order valence-electron chi connectivity index (χ2n) is 9.49. The number of benzene rings is 1. The molecule has 0 bridgehead atoms. The van der Waals surface area contributed by atoms with Gasteiger partial charge in [-0.15, -0.1) is 11.3 Å². The molecule has 8 heteroatoms. The fourth-order valence-corrected chi connectivity index (χ4v) is 5.47. The zero-order chi connectivity index (χ0) is 23.9. The van der Waals surface area contributed by atoms with Crippen LogP contribution in [0, 0.1) is 5.92 Å². The van der Waals surface area contributed by atoms with E-state index >= 15 is 0 Å². The summed E-state index contributed by atoms with van der Waals surface area (Å²) in [6.45, 7) is 8.49. The first-order valence-electron chi connectivity index (χ1n) is 12.5. The molecule has 2 aromatic heterocycles. The van der Waals surface area contributed by atoms with E-state index < -0.39 is 0 Å². The van der Waals surface area contributed by atoms with Crippen LogP contribution >= 0.6 is 11.3 Å². The molecule has 35 heavy (non-hydrogen) atoms. The van der Waals surface area contributed by atoms with Crippen LogP contribution in [0.25, 0.3) is 0 Å². The molecule has 184 valence electrons. The highest BCUT2D eigenvalue weighted by molar-refractivity contribution is 7.11. The molecule has 5 rings (SSSR count). The zero-order valence-corrected chi connectivity index (χ0v) is 20.9. The lowest BCUT2D eigenvalue weighted by atomic mass is 9.99. The van der Waals surface area contributed by atoms with Crippen LogP contribution in [0.1, 0.15) is 33.6 Å². The Morgan fingerprint density at radius 2 is 1.71 bits per heavy atom. The van der Waals surface area contributed by atoms with Crippen molar-refractivity contribution in [1.82, 2.24) is 24.7 Å². The lowest BCUT2D eigenvalue weighted by molar-refractivity contribution is 0.0638. The minimum atomic E-state index is 0.0967. The third kappa shape index (κ3) is 6.66. The average molecular weight is 492 g/mol. The number of amides is 1. The van der Waals surface area contributed by atoms with Gasteiger partial charge in [-0.1, -0.05) is 18.2 Å². The fraction of sp³-hybridized carbons (Fsp3) is 0.444. The van der Waals surface area contributed by atoms with Crippen LogP contribution in [0.4, 0.5) is 0 Å². The average Bonchev–Trinajstić information content (AvgIpc) is 3.45. The monoisotopic (exact) mass is 491 g/mol. The maximum absolute atomic E-state index is 12.6. The molecule has 7 nitrogen and oxygen atoms in total. The number of rotatable bonds is 8. The highest BCUT2D eigenvalue weighted by atomic mass is 32.1. The van der Waals surface area contributed by atoms with E-state index in [0.717, 1.165) is 75.8 Å². The topological polar surface area (TPSA) is 61.8 Å². The summed E-state index contributed by atoms with van der Waals surface area (Å²) >= 11 is 1.41. The molecule has 4 heterocycles. The van der Waals surface area contributed by atoms with Gasteiger partial charge in [0.2, 0.25) is 0 Å². The predicted molar refractivity (Wildman–Crippen MR) is 137 cm³/mol. The number of aromatic nitrogens is 2. The van der Waals surface area contributed by atoms with Crippen molar-refractivity contribution in [1.29, 1.82) is 0 Å². The van der Waals surface area contributed by atoms with E-state index in [9.17, 15) is 4.79 Å². The summed E-state index contributed by atoms with van der Waals surface area (Å²) in [6, 6.07) is 12.7. The Morgan fingerprint density at radius 3 is 2.40 bits per heavy atom. The maximum atomic E-state index is 12.6. The predicted octanol–water partition coefficient (Wildman–Crippen LogP) is 3.79. The van der Waals surface area contributed by atoms with Crippen molar-refractivity contribution in [2.45, 2.75) is 25.9 Å². The first-order chi connectivity index (χ1) is 17.2. The minimum Gasteiger partial charge on any atom is -0.493 e. The molecule has 0 radical (unpaired) electrons. The standard InChI is InChI=1S/C27H33N5O2S/c33-27(26-16-29-21-35-26)32-10-2-4-24(19-32)20-34-25-7-5-22(6-8-25)17-30-11-13-31(14-12-30)18-23-3-1-9-28-15-23/h1,3,5-9,15-16,21,24H,2,4,10-14,17-20H2. The molecular weight excluding hydrogens is 458 g/mol. The maximum Gasteiger partial charge on any atom is 0.265 e. The van der Waals surface area contributed by atoms with Crippen molar-refractivity contribution in [3.8, 4) is 5.75 Å². The number of hydrogen-bond acceptors (Lipinski definition) is 7. The van der Waals surface area contributed by atoms with Crippen molar-refractivity contribution in [3.05, 3.63) is 76.5 Å². The summed E-state index contributed by atoms with van der Waals surface area (Å²) in [5.74, 6) is 1.36. The summed E-state index contributed by atoms with van der Waals surface area (Å²) in [6.07, 6.45) is 7.57. The molecule has 1 unspecified atom stereocenters. The minimum absolute atomic E-state index is 0.0967. The van der Waals surface area contributed by atoms with Crippen molar-refractivity contribution < 1.29 is 9.53 Å². The number of likely N-dealkylation sites (tertiary alicyclic amines) is 1. The van der Waals surface area contributed by atoms with E-state index in [2.05, 4.69) is 50.1 Å². The molecule has 0 saturated carbocycles. The lowest BCUT2D eigenvalue weighted by Gasteiger charge is -2.34. The third-order valence-electron chi connectivity index (χ3n) is 6.86. The van der Waals surface area contributed by atoms with Gasteiger partial charge in [0.1, 0.15) is 10.6 Å². The van der Waals surface area contributed by atoms with Gasteiger partial charge in [0.25, 0.3) is 5.91 Å². The van der Waals surface area contributed by atoms with Gasteiger partial charge in [0.15, 0.2) is 0 Å². The Labute approximate surface area is 211 Å². The van der Waals surface area contributed by atoms with Gasteiger partial charge in [-0.2, -0.15) is 0 Å². The van der Waals surface area contributed by atoms with Crippen molar-refractivity contribution >= 4 is 17.2 Å². The van der Waals surface area contributed by atoms with Crippen LogP contribution in [0.3, 0.4) is 0 Å². The van der Waals surface area contributed by atoms with E-state index in [1.165, 1.54) is 22.5 Å². The highest BCUT2D eigenvalue weighted by Crippen LogP contribution is 2.22. The van der Waals surface area contributed by atoms with Gasteiger partial charge in [0, 0.05) is 70.7 Å². The van der Waals surface area contributed by atoms with Crippen molar-refractivity contribution in [2.75, 3.05) is 45.9 Å². The molecule has 2 fully saturated rings. The molecule has 0 N–H and O–H groups in total. The van der Waals surface area contributed by atoms with Crippen LogP contribution < -0.4 is 4.74 Å². The number of pyridine rings is 1. The largest absolute Gasteiger partial charge is 0.493 e. The molecule has 1 atom stereocenters. The number of piperazine rings is 1. The zero-order valence-electron chi connectivity index (χ0n) is 20.1. The molecule has 2 saturated heterocycles. The van der Waals surface area contributed by atoms with Gasteiger partial charge in [-0.3, -0.25) is 24.6 Å². The molecule has 1 amide bonds. The van der Waals surface area contributed by atoms with Gasteiger partial charge < -0.3 is 9.64 Å². The van der Waals surface area contributed by atoms with E-state index in [0.29, 0.717) is 12.5 Å². The van der Waals surface area contributed by atoms with E-state index in [1.54, 1.807) is 11.7 Å². The fourth-order valence-electron chi connectivity index (χ4n) is 4.88. The second kappa shape index (κ2) is 11.7. The van der Waals surface area contributed by atoms with Crippen LogP contribution in [-0.4, -0.2) is 76.5 Å². The quantitative estimate of drug-likeness (QED) is 0.478. The van der Waals surface area contributed by atoms with Crippen LogP contribution in [0.2, 0.25) is 0 Å². The lowest BCUT2D eigenvalue weighted by Crippen LogP contribution is -2.45. The van der Waals surface area contributed by atoms with Crippen LogP contribution in [-0.2, 0) is 13.1 Å². The summed E-state index contributed by atoms with van der Waals surface area (Å²) in [5.41, 5.74) is 4.31. The molecule has 3 aromatic rings. The highest BCUT2D eigenvalue weighted by Gasteiger charge is 2.25. The number of nitrogens with zero attached hydrogens (tertiary/aromatic N) is 5. The van der Waals surface area contributed by atoms with Crippen molar-refractivity contribution in [2.24, 2.45) is 5.92 Å². The Kier molecular flexibility index (Phi) is 8.03. The Bertz CT molecular complexity index is 1050. The first-order valence-corrected chi connectivity index (χ1v) is 13.3. The van der Waals surface area contributed by atoms with Gasteiger partial charge in [-0.25, -0.2) is 0 Å². The third-order valence-corrected chi connectivity index (χ3v) is 7.62. The van der Waals surface area contributed by atoms with E-state index in [-0.39, 0.29) is 5.91 Å². The van der Waals surface area contributed by atoms with Crippen LogP contribution in [0.5, 0.6) is 5.75 Å². The summed E-state index contributed by atoms with van der Waals surface area (Å²) in [7, 11) is 0. The Hall–Kier alpha value is -2.81. The van der Waals surface area contributed by atoms with Gasteiger partial charge in [0.05, 0.1) is 18.3 Å². The Morgan fingerprint density at radius 1 is 0.943 bits per heavy atom. The Balaban J connectivity index is 1.04. The van der Waals surface area contributed by atoms with Gasteiger partial charge >= 0.3 is 0 Å². The normalized spacial score (nSPS) is 19.5. The molecule has 1 aromatic carbocycles. The van der Waals surface area contributed by atoms with E-state index in [1.807, 2.05) is 23.4 Å². The summed E-state index contributed by atoms with van der Waals surface area (Å²) in [5, 5.41) is 0. The second-order valence-corrected chi connectivity index (χ2v) is 10.4. The van der Waals surface area contributed by atoms with Crippen LogP contribution in [0.15, 0.2) is 60.5 Å². The molecular formula is C27H33N5O2S. The number of piperidine rings is 1. The van der Waals surface area contributed by atoms with E-state index in [4.69, 9.17) is 4.74 Å². The molecule has 0 spiro atoms. The summed E-state index contributed by atoms with van der Waals surface area (Å²) < 4.78 is 6.11. The summed E-state index contributed by atoms with van der Waals surface area (Å²) in [4.78, 5) is 28.6. The number of thiazole rings is 1. The van der Waals surface area contributed by atoms with Gasteiger partial charge in [-0.05, 0) is 42.2 Å². The molecule has 2 aliphatic heterocycles. The number of carbonyl (C=O) groups is 1. The first kappa shape index (κ1) is 23.9. The smallest absolute Gasteiger partial charge is 0.265 e. The van der Waals surface area contributed by atoms with Crippen molar-refractivity contribution in [3.63, 3.8) is 0 Å².